The standard InChI is InChI=1S/C42H62N2O5.C5H12O2/c1-10-33(27-34(41(8,11-2)12-3)44-26-18-21-35(44)45)42(9,13-4)36(38(46)29(6)7)37(43-14-5)40(48)49-28-30-22-24-32(25-23-30)39(47)31-19-16-15-17-20-31;1-5(2,7)3-4-6/h15-17,19-20,22-25,29,33-34,36-37,43H,10-14,18,21,26-28H2,1-9H3;6-7H,3-4H2,1-2H3. The molecule has 1 heterocycles. The van der Waals surface area contributed by atoms with Crippen molar-refractivity contribution in [1.82, 2.24) is 10.2 Å². The topological polar surface area (TPSA) is 133 Å². The van der Waals surface area contributed by atoms with E-state index in [-0.39, 0.29) is 54.0 Å². The number of hydrogen-bond acceptors (Lipinski definition) is 8. The van der Waals surface area contributed by atoms with Gasteiger partial charge < -0.3 is 25.2 Å². The van der Waals surface area contributed by atoms with E-state index >= 15 is 0 Å². The molecule has 0 radical (unpaired) electrons. The Morgan fingerprint density at radius 2 is 1.46 bits per heavy atom. The van der Waals surface area contributed by atoms with Crippen molar-refractivity contribution in [3.05, 3.63) is 71.3 Å². The van der Waals surface area contributed by atoms with Crippen molar-refractivity contribution in [2.45, 2.75) is 152 Å². The Balaban J connectivity index is 0.00000141. The quantitative estimate of drug-likeness (QED) is 0.0800. The van der Waals surface area contributed by atoms with Gasteiger partial charge >= 0.3 is 5.97 Å². The Labute approximate surface area is 338 Å². The average Bonchev–Trinajstić information content (AvgIpc) is 3.61. The number of benzene rings is 2. The SMILES string of the molecule is CC(C)(O)CCO.CCNC(C(=O)OCc1ccc(C(=O)c2ccccc2)cc1)C(C(=O)C(C)C)C(C)(CC)C(CC)CC(N1CCCC1=O)C(C)(CC)CC. The zero-order chi connectivity index (χ0) is 42.3. The summed E-state index contributed by atoms with van der Waals surface area (Å²) in [5, 5.41) is 20.5. The van der Waals surface area contributed by atoms with Crippen LogP contribution in [0.4, 0.5) is 0 Å². The number of rotatable bonds is 22. The minimum Gasteiger partial charge on any atom is -0.460 e. The molecule has 0 spiro atoms. The highest BCUT2D eigenvalue weighted by atomic mass is 16.5. The summed E-state index contributed by atoms with van der Waals surface area (Å²) in [7, 11) is 0. The monoisotopic (exact) mass is 779 g/mol. The Morgan fingerprint density at radius 3 is 1.89 bits per heavy atom. The Bertz CT molecular complexity index is 1510. The molecule has 5 unspecified atom stereocenters. The zero-order valence-electron chi connectivity index (χ0n) is 36.5. The second kappa shape index (κ2) is 22.5. The number of carbonyl (C=O) groups is 4. The van der Waals surface area contributed by atoms with Crippen molar-refractivity contribution in [2.24, 2.45) is 28.6 Å². The summed E-state index contributed by atoms with van der Waals surface area (Å²) in [5.41, 5.74) is 0.657. The lowest BCUT2D eigenvalue weighted by Gasteiger charge is -2.50. The number of nitrogens with one attached hydrogen (secondary N) is 1. The lowest BCUT2D eigenvalue weighted by atomic mass is 9.57. The first-order valence-electron chi connectivity index (χ1n) is 21.1. The van der Waals surface area contributed by atoms with Gasteiger partial charge in [0.05, 0.1) is 5.60 Å². The maximum Gasteiger partial charge on any atom is 0.324 e. The third kappa shape index (κ3) is 13.1. The third-order valence-electron chi connectivity index (χ3n) is 12.6. The lowest BCUT2D eigenvalue weighted by molar-refractivity contribution is -0.156. The number of aliphatic hydroxyl groups is 2. The number of aliphatic hydroxyl groups excluding tert-OH is 1. The van der Waals surface area contributed by atoms with Gasteiger partial charge in [-0.25, -0.2) is 0 Å². The predicted molar refractivity (Wildman–Crippen MR) is 225 cm³/mol. The number of ether oxygens (including phenoxy) is 1. The summed E-state index contributed by atoms with van der Waals surface area (Å²) in [6.45, 7) is 23.7. The van der Waals surface area contributed by atoms with Crippen molar-refractivity contribution < 1.29 is 34.1 Å². The number of nitrogens with zero attached hydrogens (tertiary/aromatic N) is 1. The van der Waals surface area contributed by atoms with Gasteiger partial charge in [0, 0.05) is 48.6 Å². The third-order valence-corrected chi connectivity index (χ3v) is 12.6. The first-order valence-corrected chi connectivity index (χ1v) is 21.1. The summed E-state index contributed by atoms with van der Waals surface area (Å²) in [5.74, 6) is -1.03. The number of likely N-dealkylation sites (N-methyl/N-ethyl adjacent to an activating group) is 1. The number of Topliss-reactive ketones (excluding diaryl/α,β-unsaturated/α-hetero) is 1. The summed E-state index contributed by atoms with van der Waals surface area (Å²) < 4.78 is 5.97. The lowest BCUT2D eigenvalue weighted by Crippen LogP contribution is -2.57. The molecule has 5 atom stereocenters. The van der Waals surface area contributed by atoms with Crippen LogP contribution in [0.3, 0.4) is 0 Å². The van der Waals surface area contributed by atoms with Crippen LogP contribution < -0.4 is 5.32 Å². The molecule has 1 aliphatic heterocycles. The molecule has 1 aliphatic rings. The van der Waals surface area contributed by atoms with Gasteiger partial charge in [0.15, 0.2) is 5.78 Å². The summed E-state index contributed by atoms with van der Waals surface area (Å²) in [6.07, 6.45) is 6.17. The minimum absolute atomic E-state index is 0.0354. The average molecular weight is 779 g/mol. The fourth-order valence-electron chi connectivity index (χ4n) is 8.25. The van der Waals surface area contributed by atoms with Crippen molar-refractivity contribution in [3.8, 4) is 0 Å². The largest absolute Gasteiger partial charge is 0.460 e. The molecule has 3 N–H and O–H groups in total. The molecule has 2 aromatic carbocycles. The van der Waals surface area contributed by atoms with Crippen LogP contribution in [0.1, 0.15) is 149 Å². The molecule has 2 aromatic rings. The second-order valence-corrected chi connectivity index (χ2v) is 17.1. The summed E-state index contributed by atoms with van der Waals surface area (Å²) in [6, 6.07) is 15.5. The van der Waals surface area contributed by atoms with E-state index in [2.05, 4.69) is 51.8 Å². The number of esters is 1. The minimum atomic E-state index is -0.826. The van der Waals surface area contributed by atoms with E-state index in [1.165, 1.54) is 0 Å². The van der Waals surface area contributed by atoms with Crippen LogP contribution in [0.2, 0.25) is 0 Å². The summed E-state index contributed by atoms with van der Waals surface area (Å²) >= 11 is 0. The normalized spacial score (nSPS) is 16.7. The van der Waals surface area contributed by atoms with E-state index in [0.29, 0.717) is 36.9 Å². The highest BCUT2D eigenvalue weighted by Gasteiger charge is 2.52. The van der Waals surface area contributed by atoms with Gasteiger partial charge in [0.2, 0.25) is 5.91 Å². The first kappa shape index (κ1) is 48.7. The molecule has 56 heavy (non-hydrogen) atoms. The molecule has 314 valence electrons. The van der Waals surface area contributed by atoms with Crippen LogP contribution >= 0.6 is 0 Å². The first-order chi connectivity index (χ1) is 26.4. The van der Waals surface area contributed by atoms with Crippen LogP contribution in [0.25, 0.3) is 0 Å². The fourth-order valence-corrected chi connectivity index (χ4v) is 8.25. The van der Waals surface area contributed by atoms with Gasteiger partial charge in [-0.15, -0.1) is 0 Å². The van der Waals surface area contributed by atoms with Gasteiger partial charge in [-0.1, -0.05) is 123 Å². The summed E-state index contributed by atoms with van der Waals surface area (Å²) in [4.78, 5) is 56.6. The molecular weight excluding hydrogens is 705 g/mol. The van der Waals surface area contributed by atoms with E-state index in [0.717, 1.165) is 44.2 Å². The van der Waals surface area contributed by atoms with Crippen LogP contribution in [0.5, 0.6) is 0 Å². The molecule has 3 rings (SSSR count). The van der Waals surface area contributed by atoms with Gasteiger partial charge in [-0.05, 0) is 81.2 Å². The highest BCUT2D eigenvalue weighted by Crippen LogP contribution is 2.49. The van der Waals surface area contributed by atoms with Gasteiger partial charge in [-0.2, -0.15) is 0 Å². The predicted octanol–water partition coefficient (Wildman–Crippen LogP) is 8.57. The molecule has 9 nitrogen and oxygen atoms in total. The number of amides is 1. The number of likely N-dealkylation sites (tertiary alicyclic amines) is 1. The van der Waals surface area contributed by atoms with Crippen LogP contribution in [0.15, 0.2) is 54.6 Å². The molecule has 0 aromatic heterocycles. The maximum atomic E-state index is 14.3. The van der Waals surface area contributed by atoms with Gasteiger partial charge in [-0.3, -0.25) is 19.2 Å². The number of ketones is 2. The van der Waals surface area contributed by atoms with E-state index in [9.17, 15) is 19.2 Å². The molecule has 1 amide bonds. The van der Waals surface area contributed by atoms with Crippen molar-refractivity contribution in [2.75, 3.05) is 19.7 Å². The van der Waals surface area contributed by atoms with Gasteiger partial charge in [0.25, 0.3) is 0 Å². The number of carbonyl (C=O) groups excluding carboxylic acids is 4. The van der Waals surface area contributed by atoms with Crippen LogP contribution in [-0.4, -0.2) is 75.9 Å². The molecule has 0 bridgehead atoms. The van der Waals surface area contributed by atoms with Crippen molar-refractivity contribution in [3.63, 3.8) is 0 Å². The molecule has 1 fully saturated rings. The molecule has 1 saturated heterocycles. The highest BCUT2D eigenvalue weighted by molar-refractivity contribution is 6.08. The molecule has 9 heteroatoms. The Hall–Kier alpha value is -3.40. The Morgan fingerprint density at radius 1 is 0.875 bits per heavy atom. The van der Waals surface area contributed by atoms with E-state index in [1.54, 1.807) is 38.1 Å². The second-order valence-electron chi connectivity index (χ2n) is 17.1. The van der Waals surface area contributed by atoms with E-state index in [1.807, 2.05) is 51.1 Å². The van der Waals surface area contributed by atoms with Gasteiger partial charge in [0.1, 0.15) is 18.4 Å². The molecular formula is C47H74N2O7. The maximum absolute atomic E-state index is 14.3. The smallest absolute Gasteiger partial charge is 0.324 e. The zero-order valence-corrected chi connectivity index (χ0v) is 36.5. The Kier molecular flexibility index (Phi) is 19.6. The van der Waals surface area contributed by atoms with Crippen LogP contribution in [-0.2, 0) is 25.7 Å². The fraction of sp³-hybridized carbons (Fsp3) is 0.660. The van der Waals surface area contributed by atoms with Crippen LogP contribution in [0, 0.1) is 28.6 Å². The van der Waals surface area contributed by atoms with Crippen molar-refractivity contribution >= 4 is 23.4 Å². The van der Waals surface area contributed by atoms with E-state index in [4.69, 9.17) is 14.9 Å². The molecule has 0 saturated carbocycles. The molecule has 0 aliphatic carbocycles. The van der Waals surface area contributed by atoms with Crippen molar-refractivity contribution in [1.29, 1.82) is 0 Å². The van der Waals surface area contributed by atoms with E-state index < -0.39 is 28.9 Å². The number of hydrogen-bond donors (Lipinski definition) is 3.